The Bertz CT molecular complexity index is 283. The van der Waals surface area contributed by atoms with E-state index in [1.807, 2.05) is 0 Å². The molecule has 0 aliphatic carbocycles. The average Bonchev–Trinajstić information content (AvgIpc) is 2.00. The SMILES string of the molecule is C=CC(=O)OC(CBr)CS(=O)(=O)O. The maximum atomic E-state index is 10.6. The molecule has 5 nitrogen and oxygen atoms in total. The van der Waals surface area contributed by atoms with Gasteiger partial charge in [0.25, 0.3) is 10.1 Å². The molecule has 76 valence electrons. The number of ether oxygens (including phenoxy) is 1. The molecule has 0 aliphatic heterocycles. The van der Waals surface area contributed by atoms with Crippen LogP contribution >= 0.6 is 15.9 Å². The summed E-state index contributed by atoms with van der Waals surface area (Å²) in [6.07, 6.45) is 0.0140. The van der Waals surface area contributed by atoms with Gasteiger partial charge in [-0.15, -0.1) is 0 Å². The summed E-state index contributed by atoms with van der Waals surface area (Å²) in [7, 11) is -4.13. The summed E-state index contributed by atoms with van der Waals surface area (Å²) in [4.78, 5) is 10.6. The van der Waals surface area contributed by atoms with Crippen molar-refractivity contribution in [3.63, 3.8) is 0 Å². The Labute approximate surface area is 84.6 Å². The van der Waals surface area contributed by atoms with E-state index in [2.05, 4.69) is 27.2 Å². The molecule has 0 aromatic heterocycles. The Balaban J connectivity index is 4.20. The topological polar surface area (TPSA) is 80.7 Å². The Morgan fingerprint density at radius 1 is 1.69 bits per heavy atom. The van der Waals surface area contributed by atoms with E-state index in [1.54, 1.807) is 0 Å². The molecule has 0 aromatic carbocycles. The summed E-state index contributed by atoms with van der Waals surface area (Å²) in [5.41, 5.74) is 0. The van der Waals surface area contributed by atoms with Crippen LogP contribution in [0, 0.1) is 0 Å². The second-order valence-electron chi connectivity index (χ2n) is 2.17. The van der Waals surface area contributed by atoms with Gasteiger partial charge in [-0.1, -0.05) is 22.5 Å². The van der Waals surface area contributed by atoms with Crippen LogP contribution in [0.4, 0.5) is 0 Å². The molecule has 0 heterocycles. The first-order chi connectivity index (χ1) is 5.89. The molecule has 7 heteroatoms. The first kappa shape index (κ1) is 12.6. The van der Waals surface area contributed by atoms with Gasteiger partial charge >= 0.3 is 5.97 Å². The average molecular weight is 273 g/mol. The molecule has 1 unspecified atom stereocenters. The van der Waals surface area contributed by atoms with Gasteiger partial charge in [0, 0.05) is 11.4 Å². The zero-order valence-corrected chi connectivity index (χ0v) is 9.04. The molecule has 0 amide bonds. The minimum atomic E-state index is -4.13. The van der Waals surface area contributed by atoms with Gasteiger partial charge in [0.15, 0.2) is 0 Å². The zero-order chi connectivity index (χ0) is 10.5. The van der Waals surface area contributed by atoms with Gasteiger partial charge in [-0.25, -0.2) is 4.79 Å². The zero-order valence-electron chi connectivity index (χ0n) is 6.64. The predicted molar refractivity (Wildman–Crippen MR) is 50.3 cm³/mol. The Morgan fingerprint density at radius 2 is 2.23 bits per heavy atom. The predicted octanol–water partition coefficient (Wildman–Crippen LogP) is 0.367. The summed E-state index contributed by atoms with van der Waals surface area (Å²) >= 11 is 2.94. The van der Waals surface area contributed by atoms with Crippen LogP contribution in [0.25, 0.3) is 0 Å². The maximum absolute atomic E-state index is 10.6. The lowest BCUT2D eigenvalue weighted by molar-refractivity contribution is -0.140. The highest BCUT2D eigenvalue weighted by molar-refractivity contribution is 9.09. The van der Waals surface area contributed by atoms with Crippen molar-refractivity contribution in [1.82, 2.24) is 0 Å². The molecule has 0 aromatic rings. The molecule has 0 saturated carbocycles. The number of carbonyl (C=O) groups is 1. The van der Waals surface area contributed by atoms with Gasteiger partial charge in [0.2, 0.25) is 0 Å². The molecule has 0 bridgehead atoms. The van der Waals surface area contributed by atoms with Crippen molar-refractivity contribution in [3.8, 4) is 0 Å². The monoisotopic (exact) mass is 272 g/mol. The summed E-state index contributed by atoms with van der Waals surface area (Å²) < 4.78 is 33.8. The molecule has 0 aliphatic rings. The Hall–Kier alpha value is -0.400. The van der Waals surface area contributed by atoms with Crippen LogP contribution in [0.15, 0.2) is 12.7 Å². The molecule has 0 spiro atoms. The normalized spacial score (nSPS) is 13.4. The molecule has 13 heavy (non-hydrogen) atoms. The minimum Gasteiger partial charge on any atom is -0.457 e. The fraction of sp³-hybridized carbons (Fsp3) is 0.500. The number of rotatable bonds is 5. The second-order valence-corrected chi connectivity index (χ2v) is 4.31. The van der Waals surface area contributed by atoms with Gasteiger partial charge < -0.3 is 4.74 Å². The van der Waals surface area contributed by atoms with Crippen LogP contribution in [-0.2, 0) is 19.6 Å². The number of carbonyl (C=O) groups excluding carboxylic acids is 1. The second kappa shape index (κ2) is 5.36. The summed E-state index contributed by atoms with van der Waals surface area (Å²) in [5.74, 6) is -1.36. The molecule has 0 rings (SSSR count). The summed E-state index contributed by atoms with van der Waals surface area (Å²) in [6, 6.07) is 0. The van der Waals surface area contributed by atoms with Crippen LogP contribution in [0.5, 0.6) is 0 Å². The lowest BCUT2D eigenvalue weighted by Gasteiger charge is -2.11. The number of alkyl halides is 1. The highest BCUT2D eigenvalue weighted by Crippen LogP contribution is 2.01. The van der Waals surface area contributed by atoms with Gasteiger partial charge in [0.05, 0.1) is 0 Å². The van der Waals surface area contributed by atoms with Crippen molar-refractivity contribution in [2.45, 2.75) is 6.10 Å². The lowest BCUT2D eigenvalue weighted by Crippen LogP contribution is -2.27. The van der Waals surface area contributed by atoms with Crippen molar-refractivity contribution in [3.05, 3.63) is 12.7 Å². The minimum absolute atomic E-state index is 0.131. The highest BCUT2D eigenvalue weighted by atomic mass is 79.9. The fourth-order valence-electron chi connectivity index (χ4n) is 0.557. The molecule has 0 radical (unpaired) electrons. The number of esters is 1. The van der Waals surface area contributed by atoms with Crippen molar-refractivity contribution >= 4 is 32.0 Å². The van der Waals surface area contributed by atoms with E-state index in [-0.39, 0.29) is 5.33 Å². The van der Waals surface area contributed by atoms with E-state index in [0.717, 1.165) is 6.08 Å². The van der Waals surface area contributed by atoms with E-state index in [9.17, 15) is 13.2 Å². The molecule has 1 atom stereocenters. The third-order valence-electron chi connectivity index (χ3n) is 1.02. The van der Waals surface area contributed by atoms with Crippen LogP contribution in [0.2, 0.25) is 0 Å². The van der Waals surface area contributed by atoms with Crippen LogP contribution in [0.1, 0.15) is 0 Å². The van der Waals surface area contributed by atoms with Crippen molar-refractivity contribution < 1.29 is 22.5 Å². The maximum Gasteiger partial charge on any atom is 0.330 e. The first-order valence-electron chi connectivity index (χ1n) is 3.23. The largest absolute Gasteiger partial charge is 0.457 e. The third kappa shape index (κ3) is 6.73. The Morgan fingerprint density at radius 3 is 2.54 bits per heavy atom. The summed E-state index contributed by atoms with van der Waals surface area (Å²) in [6.45, 7) is 3.14. The van der Waals surface area contributed by atoms with Gasteiger partial charge in [-0.2, -0.15) is 8.42 Å². The quantitative estimate of drug-likeness (QED) is 0.339. The van der Waals surface area contributed by atoms with E-state index in [4.69, 9.17) is 4.55 Å². The fourth-order valence-corrected chi connectivity index (χ4v) is 1.88. The molecule has 1 N–H and O–H groups in total. The van der Waals surface area contributed by atoms with Crippen molar-refractivity contribution in [2.24, 2.45) is 0 Å². The molecular weight excluding hydrogens is 264 g/mol. The number of hydrogen-bond acceptors (Lipinski definition) is 4. The van der Waals surface area contributed by atoms with Gasteiger partial charge in [-0.3, -0.25) is 4.55 Å². The van der Waals surface area contributed by atoms with E-state index < -0.39 is 27.9 Å². The van der Waals surface area contributed by atoms with Gasteiger partial charge in [-0.05, 0) is 0 Å². The molecule has 0 fully saturated rings. The lowest BCUT2D eigenvalue weighted by atomic mass is 10.5. The molecular formula is C6H9BrO5S. The highest BCUT2D eigenvalue weighted by Gasteiger charge is 2.18. The molecule has 0 saturated heterocycles. The Kier molecular flexibility index (Phi) is 5.19. The van der Waals surface area contributed by atoms with E-state index >= 15 is 0 Å². The standard InChI is InChI=1S/C6H9BrO5S/c1-2-6(8)12-5(3-7)4-13(9,10)11/h2,5H,1,3-4H2,(H,9,10,11). The van der Waals surface area contributed by atoms with E-state index in [1.165, 1.54) is 0 Å². The van der Waals surface area contributed by atoms with Crippen LogP contribution < -0.4 is 0 Å². The first-order valence-corrected chi connectivity index (χ1v) is 5.96. The third-order valence-corrected chi connectivity index (χ3v) is 2.53. The van der Waals surface area contributed by atoms with Crippen molar-refractivity contribution in [2.75, 3.05) is 11.1 Å². The van der Waals surface area contributed by atoms with Crippen LogP contribution in [-0.4, -0.2) is 36.1 Å². The van der Waals surface area contributed by atoms with Crippen LogP contribution in [0.3, 0.4) is 0 Å². The van der Waals surface area contributed by atoms with E-state index in [0.29, 0.717) is 0 Å². The summed E-state index contributed by atoms with van der Waals surface area (Å²) in [5, 5.41) is 0.131. The number of halogens is 1. The number of hydrogen-bond donors (Lipinski definition) is 1. The van der Waals surface area contributed by atoms with Crippen molar-refractivity contribution in [1.29, 1.82) is 0 Å². The van der Waals surface area contributed by atoms with Gasteiger partial charge in [0.1, 0.15) is 11.9 Å². The smallest absolute Gasteiger partial charge is 0.330 e.